The predicted octanol–water partition coefficient (Wildman–Crippen LogP) is 2.96. The van der Waals surface area contributed by atoms with Crippen molar-refractivity contribution in [3.63, 3.8) is 0 Å². The summed E-state index contributed by atoms with van der Waals surface area (Å²) in [6.45, 7) is 1.46. The summed E-state index contributed by atoms with van der Waals surface area (Å²) >= 11 is 0. The SMILES string of the molecule is O=C(Nc1cnc2c(c1)C=CC2)C(=O)N1CCN(c2ccc(C(F)(F)F)cc2)CC1. The third-order valence-electron chi connectivity index (χ3n) is 5.19. The fourth-order valence-corrected chi connectivity index (χ4v) is 3.55. The van der Waals surface area contributed by atoms with E-state index in [1.165, 1.54) is 23.2 Å². The molecule has 1 aliphatic heterocycles. The van der Waals surface area contributed by atoms with Gasteiger partial charge in [0.05, 0.1) is 23.1 Å². The molecule has 2 heterocycles. The van der Waals surface area contributed by atoms with Crippen molar-refractivity contribution in [2.24, 2.45) is 0 Å². The minimum absolute atomic E-state index is 0.304. The van der Waals surface area contributed by atoms with Gasteiger partial charge in [-0.05, 0) is 35.9 Å². The van der Waals surface area contributed by atoms with Crippen molar-refractivity contribution in [3.8, 4) is 0 Å². The molecule has 156 valence electrons. The van der Waals surface area contributed by atoms with Crippen molar-refractivity contribution in [1.29, 1.82) is 0 Å². The third-order valence-corrected chi connectivity index (χ3v) is 5.19. The number of carbonyl (C=O) groups is 2. The quantitative estimate of drug-likeness (QED) is 0.765. The number of carbonyl (C=O) groups excluding carboxylic acids is 2. The number of nitrogens with zero attached hydrogens (tertiary/aromatic N) is 3. The molecule has 4 rings (SSSR count). The van der Waals surface area contributed by atoms with Crippen molar-refractivity contribution >= 4 is 29.3 Å². The van der Waals surface area contributed by atoms with Gasteiger partial charge in [0, 0.05) is 38.3 Å². The van der Waals surface area contributed by atoms with Crippen LogP contribution in [0.1, 0.15) is 16.8 Å². The van der Waals surface area contributed by atoms with Gasteiger partial charge in [-0.25, -0.2) is 0 Å². The first-order chi connectivity index (χ1) is 14.3. The predicted molar refractivity (Wildman–Crippen MR) is 106 cm³/mol. The molecular weight excluding hydrogens is 397 g/mol. The maximum atomic E-state index is 12.7. The normalized spacial score (nSPS) is 15.8. The standard InChI is InChI=1S/C21H19F3N4O2/c22-21(23,24)15-4-6-17(7-5-15)27-8-10-28(11-9-27)20(30)19(29)26-16-12-14-2-1-3-18(14)25-13-16/h1-2,4-7,12-13H,3,8-11H2,(H,26,29). The lowest BCUT2D eigenvalue weighted by molar-refractivity contribution is -0.143. The van der Waals surface area contributed by atoms with E-state index in [2.05, 4.69) is 10.3 Å². The number of fused-ring (bicyclic) bond motifs is 1. The van der Waals surface area contributed by atoms with Crippen LogP contribution < -0.4 is 10.2 Å². The average Bonchev–Trinajstić information content (AvgIpc) is 3.21. The van der Waals surface area contributed by atoms with Gasteiger partial charge in [0.2, 0.25) is 0 Å². The first-order valence-electron chi connectivity index (χ1n) is 9.49. The van der Waals surface area contributed by atoms with Crippen LogP contribution in [0.2, 0.25) is 0 Å². The van der Waals surface area contributed by atoms with Gasteiger partial charge in [0.1, 0.15) is 0 Å². The second kappa shape index (κ2) is 7.81. The van der Waals surface area contributed by atoms with Gasteiger partial charge in [0.15, 0.2) is 0 Å². The number of pyridine rings is 1. The topological polar surface area (TPSA) is 65.5 Å². The number of alkyl halides is 3. The minimum Gasteiger partial charge on any atom is -0.368 e. The lowest BCUT2D eigenvalue weighted by atomic mass is 10.1. The molecule has 2 amide bonds. The molecule has 2 aliphatic rings. The zero-order valence-electron chi connectivity index (χ0n) is 15.9. The van der Waals surface area contributed by atoms with E-state index in [0.29, 0.717) is 37.6 Å². The summed E-state index contributed by atoms with van der Waals surface area (Å²) in [5.74, 6) is -1.38. The van der Waals surface area contributed by atoms with Gasteiger partial charge in [-0.1, -0.05) is 12.2 Å². The summed E-state index contributed by atoms with van der Waals surface area (Å²) in [5.41, 5.74) is 2.26. The Hall–Kier alpha value is -3.36. The summed E-state index contributed by atoms with van der Waals surface area (Å²) in [4.78, 5) is 32.4. The Morgan fingerprint density at radius 1 is 1.03 bits per heavy atom. The molecule has 1 N–H and O–H groups in total. The summed E-state index contributed by atoms with van der Waals surface area (Å²) in [6.07, 6.45) is 1.80. The molecule has 2 aromatic rings. The zero-order valence-corrected chi connectivity index (χ0v) is 15.9. The lowest BCUT2D eigenvalue weighted by Crippen LogP contribution is -2.51. The molecule has 6 nitrogen and oxygen atoms in total. The van der Waals surface area contributed by atoms with E-state index in [-0.39, 0.29) is 0 Å². The molecule has 0 radical (unpaired) electrons. The highest BCUT2D eigenvalue weighted by molar-refractivity contribution is 6.39. The maximum absolute atomic E-state index is 12.7. The van der Waals surface area contributed by atoms with Crippen LogP contribution in [0.25, 0.3) is 6.08 Å². The number of rotatable bonds is 2. The molecule has 30 heavy (non-hydrogen) atoms. The second-order valence-corrected chi connectivity index (χ2v) is 7.14. The number of amides is 2. The number of anilines is 2. The molecule has 9 heteroatoms. The highest BCUT2D eigenvalue weighted by atomic mass is 19.4. The summed E-state index contributed by atoms with van der Waals surface area (Å²) in [6, 6.07) is 6.70. The van der Waals surface area contributed by atoms with E-state index in [9.17, 15) is 22.8 Å². The van der Waals surface area contributed by atoms with Crippen LogP contribution >= 0.6 is 0 Å². The van der Waals surface area contributed by atoms with Crippen molar-refractivity contribution in [1.82, 2.24) is 9.88 Å². The maximum Gasteiger partial charge on any atom is 0.416 e. The molecule has 1 aromatic heterocycles. The Bertz CT molecular complexity index is 994. The number of allylic oxidation sites excluding steroid dienone is 1. The fraction of sp³-hybridized carbons (Fsp3) is 0.286. The Labute approximate surface area is 171 Å². The van der Waals surface area contributed by atoms with E-state index in [4.69, 9.17) is 0 Å². The molecule has 1 fully saturated rings. The first-order valence-corrected chi connectivity index (χ1v) is 9.49. The van der Waals surface area contributed by atoms with Gasteiger partial charge in [-0.3, -0.25) is 14.6 Å². The van der Waals surface area contributed by atoms with Crippen LogP contribution in [0, 0.1) is 0 Å². The largest absolute Gasteiger partial charge is 0.416 e. The van der Waals surface area contributed by atoms with Crippen LogP contribution in [0.5, 0.6) is 0 Å². The Balaban J connectivity index is 1.32. The molecule has 1 saturated heterocycles. The van der Waals surface area contributed by atoms with E-state index in [0.717, 1.165) is 29.8 Å². The van der Waals surface area contributed by atoms with E-state index in [1.54, 1.807) is 6.07 Å². The summed E-state index contributed by atoms with van der Waals surface area (Å²) in [7, 11) is 0. The van der Waals surface area contributed by atoms with Gasteiger partial charge >= 0.3 is 18.0 Å². The first kappa shape index (κ1) is 19.9. The zero-order chi connectivity index (χ0) is 21.3. The van der Waals surface area contributed by atoms with E-state index in [1.807, 2.05) is 17.1 Å². The highest BCUT2D eigenvalue weighted by Gasteiger charge is 2.31. The lowest BCUT2D eigenvalue weighted by Gasteiger charge is -2.35. The molecule has 0 unspecified atom stereocenters. The molecule has 1 aliphatic carbocycles. The number of nitrogens with one attached hydrogen (secondary N) is 1. The van der Waals surface area contributed by atoms with Crippen LogP contribution in [0.4, 0.5) is 24.5 Å². The van der Waals surface area contributed by atoms with Crippen molar-refractivity contribution < 1.29 is 22.8 Å². The second-order valence-electron chi connectivity index (χ2n) is 7.14. The number of hydrogen-bond acceptors (Lipinski definition) is 4. The Morgan fingerprint density at radius 2 is 1.73 bits per heavy atom. The molecule has 0 saturated carbocycles. The average molecular weight is 416 g/mol. The van der Waals surface area contributed by atoms with Crippen LogP contribution in [-0.4, -0.2) is 47.9 Å². The Kier molecular flexibility index (Phi) is 5.19. The number of hydrogen-bond donors (Lipinski definition) is 1. The van der Waals surface area contributed by atoms with Crippen molar-refractivity contribution in [2.45, 2.75) is 12.6 Å². The van der Waals surface area contributed by atoms with Gasteiger partial charge < -0.3 is 15.1 Å². The van der Waals surface area contributed by atoms with Crippen molar-refractivity contribution in [3.05, 3.63) is 59.4 Å². The van der Waals surface area contributed by atoms with E-state index >= 15 is 0 Å². The summed E-state index contributed by atoms with van der Waals surface area (Å²) in [5, 5.41) is 2.59. The molecule has 0 spiro atoms. The minimum atomic E-state index is -4.37. The number of halogens is 3. The number of aromatic nitrogens is 1. The van der Waals surface area contributed by atoms with E-state index < -0.39 is 23.6 Å². The number of piperazine rings is 1. The van der Waals surface area contributed by atoms with Crippen molar-refractivity contribution in [2.75, 3.05) is 36.4 Å². The number of benzene rings is 1. The fourth-order valence-electron chi connectivity index (χ4n) is 3.55. The monoisotopic (exact) mass is 416 g/mol. The van der Waals surface area contributed by atoms with Gasteiger partial charge in [-0.15, -0.1) is 0 Å². The molecular formula is C21H19F3N4O2. The molecule has 0 atom stereocenters. The van der Waals surface area contributed by atoms with Crippen LogP contribution in [0.15, 0.2) is 42.6 Å². The van der Waals surface area contributed by atoms with Gasteiger partial charge in [-0.2, -0.15) is 13.2 Å². The van der Waals surface area contributed by atoms with Gasteiger partial charge in [0.25, 0.3) is 0 Å². The summed E-state index contributed by atoms with van der Waals surface area (Å²) < 4.78 is 38.1. The Morgan fingerprint density at radius 3 is 2.40 bits per heavy atom. The van der Waals surface area contributed by atoms with Crippen LogP contribution in [0.3, 0.4) is 0 Å². The molecule has 0 bridgehead atoms. The highest BCUT2D eigenvalue weighted by Crippen LogP contribution is 2.30. The van der Waals surface area contributed by atoms with Crippen LogP contribution in [-0.2, 0) is 22.2 Å². The molecule has 1 aromatic carbocycles. The third kappa shape index (κ3) is 4.14. The smallest absolute Gasteiger partial charge is 0.368 e.